The van der Waals surface area contributed by atoms with Gasteiger partial charge in [-0.25, -0.2) is 0 Å². The lowest BCUT2D eigenvalue weighted by atomic mass is 9.78. The number of aryl methyl sites for hydroxylation is 1. The second-order valence-corrected chi connectivity index (χ2v) is 7.11. The van der Waals surface area contributed by atoms with Gasteiger partial charge in [0.15, 0.2) is 0 Å². The van der Waals surface area contributed by atoms with Crippen molar-refractivity contribution in [2.45, 2.75) is 50.0 Å². The van der Waals surface area contributed by atoms with Crippen LogP contribution in [0.4, 0.5) is 0 Å². The molecule has 3 aliphatic rings. The number of hydrogen-bond acceptors (Lipinski definition) is 2. The number of carbonyl (C=O) groups is 1. The van der Waals surface area contributed by atoms with Crippen LogP contribution >= 0.6 is 12.4 Å². The number of nitrogens with one attached hydrogen (secondary N) is 1. The molecule has 0 aromatic heterocycles. The van der Waals surface area contributed by atoms with Gasteiger partial charge in [0, 0.05) is 23.9 Å². The summed E-state index contributed by atoms with van der Waals surface area (Å²) in [5.41, 5.74) is 8.85. The lowest BCUT2D eigenvalue weighted by Gasteiger charge is -2.27. The van der Waals surface area contributed by atoms with Crippen molar-refractivity contribution >= 4 is 18.3 Å². The summed E-state index contributed by atoms with van der Waals surface area (Å²) in [6, 6.07) is 8.91. The number of fused-ring (bicyclic) bond motifs is 2. The van der Waals surface area contributed by atoms with Crippen molar-refractivity contribution in [3.63, 3.8) is 0 Å². The Hall–Kier alpha value is -1.06. The first-order valence-electron chi connectivity index (χ1n) is 8.33. The van der Waals surface area contributed by atoms with Gasteiger partial charge >= 0.3 is 0 Å². The predicted octanol–water partition coefficient (Wildman–Crippen LogP) is 2.56. The zero-order chi connectivity index (χ0) is 14.4. The zero-order valence-corrected chi connectivity index (χ0v) is 13.7. The lowest BCUT2D eigenvalue weighted by Crippen LogP contribution is -2.43. The van der Waals surface area contributed by atoms with Crippen LogP contribution in [0.15, 0.2) is 24.3 Å². The molecular formula is C18H25ClN2O. The van der Waals surface area contributed by atoms with Gasteiger partial charge < -0.3 is 11.1 Å². The molecule has 1 aromatic rings. The maximum atomic E-state index is 12.6. The number of rotatable bonds is 4. The van der Waals surface area contributed by atoms with Crippen LogP contribution in [0.5, 0.6) is 0 Å². The molecule has 1 aromatic carbocycles. The monoisotopic (exact) mass is 320 g/mol. The Morgan fingerprint density at radius 1 is 1.36 bits per heavy atom. The standard InChI is InChI=1S/C18H24N2O.ClH/c19-11-16(13-7-8-13)20-17(21)15-10-18(15)9-3-5-12-4-1-2-6-14(12)18;/h1-2,4,6,13,15-16H,3,5,7-11,19H2,(H,20,21);1H. The van der Waals surface area contributed by atoms with Crippen LogP contribution in [0.1, 0.15) is 43.2 Å². The van der Waals surface area contributed by atoms with Gasteiger partial charge in [-0.15, -0.1) is 12.4 Å². The smallest absolute Gasteiger partial charge is 0.224 e. The van der Waals surface area contributed by atoms with Crippen LogP contribution in [-0.4, -0.2) is 18.5 Å². The average Bonchev–Trinajstić information content (AvgIpc) is 3.40. The number of carbonyl (C=O) groups excluding carboxylic acids is 1. The number of benzene rings is 1. The van der Waals surface area contributed by atoms with Crippen molar-refractivity contribution in [1.82, 2.24) is 5.32 Å². The van der Waals surface area contributed by atoms with Gasteiger partial charge in [0.1, 0.15) is 0 Å². The number of halogens is 1. The summed E-state index contributed by atoms with van der Waals surface area (Å²) in [7, 11) is 0. The molecule has 3 N–H and O–H groups in total. The van der Waals surface area contributed by atoms with Crippen molar-refractivity contribution in [1.29, 1.82) is 0 Å². The molecule has 3 aliphatic carbocycles. The summed E-state index contributed by atoms with van der Waals surface area (Å²) in [5.74, 6) is 1.05. The van der Waals surface area contributed by atoms with E-state index >= 15 is 0 Å². The summed E-state index contributed by atoms with van der Waals surface area (Å²) in [4.78, 5) is 12.6. The Balaban J connectivity index is 0.00000144. The molecule has 2 saturated carbocycles. The Bertz CT molecular complexity index is 572. The minimum atomic E-state index is 0. The van der Waals surface area contributed by atoms with Gasteiger partial charge in [0.05, 0.1) is 0 Å². The van der Waals surface area contributed by atoms with Crippen molar-refractivity contribution in [2.75, 3.05) is 6.54 Å². The molecule has 4 heteroatoms. The van der Waals surface area contributed by atoms with E-state index in [1.807, 2.05) is 0 Å². The first-order valence-corrected chi connectivity index (χ1v) is 8.33. The third kappa shape index (κ3) is 2.55. The normalized spacial score (nSPS) is 30.1. The van der Waals surface area contributed by atoms with Gasteiger partial charge in [-0.2, -0.15) is 0 Å². The Labute approximate surface area is 138 Å². The van der Waals surface area contributed by atoms with E-state index in [2.05, 4.69) is 29.6 Å². The Morgan fingerprint density at radius 2 is 2.14 bits per heavy atom. The highest BCUT2D eigenvalue weighted by Crippen LogP contribution is 2.60. The minimum absolute atomic E-state index is 0. The Morgan fingerprint density at radius 3 is 2.86 bits per heavy atom. The lowest BCUT2D eigenvalue weighted by molar-refractivity contribution is -0.123. The van der Waals surface area contributed by atoms with Gasteiger partial charge in [-0.3, -0.25) is 4.79 Å². The zero-order valence-electron chi connectivity index (χ0n) is 12.9. The molecule has 120 valence electrons. The van der Waals surface area contributed by atoms with Gasteiger partial charge in [-0.1, -0.05) is 24.3 Å². The molecule has 0 bridgehead atoms. The molecule has 3 nitrogen and oxygen atoms in total. The van der Waals surface area contributed by atoms with E-state index in [1.165, 1.54) is 43.2 Å². The molecular weight excluding hydrogens is 296 g/mol. The molecule has 0 saturated heterocycles. The Kier molecular flexibility index (Phi) is 4.21. The fourth-order valence-electron chi connectivity index (χ4n) is 4.33. The number of hydrogen-bond donors (Lipinski definition) is 2. The van der Waals surface area contributed by atoms with E-state index in [1.54, 1.807) is 0 Å². The minimum Gasteiger partial charge on any atom is -0.352 e. The molecule has 3 unspecified atom stereocenters. The van der Waals surface area contributed by atoms with Crippen LogP contribution in [-0.2, 0) is 16.6 Å². The number of nitrogens with two attached hydrogens (primary N) is 1. The van der Waals surface area contributed by atoms with E-state index < -0.39 is 0 Å². The molecule has 0 radical (unpaired) electrons. The molecule has 2 fully saturated rings. The maximum absolute atomic E-state index is 12.6. The van der Waals surface area contributed by atoms with Crippen LogP contribution in [0.25, 0.3) is 0 Å². The maximum Gasteiger partial charge on any atom is 0.224 e. The van der Waals surface area contributed by atoms with Gasteiger partial charge in [0.2, 0.25) is 5.91 Å². The topological polar surface area (TPSA) is 55.1 Å². The highest BCUT2D eigenvalue weighted by Gasteiger charge is 2.60. The first-order chi connectivity index (χ1) is 10.2. The summed E-state index contributed by atoms with van der Waals surface area (Å²) in [5, 5.41) is 3.23. The molecule has 3 atom stereocenters. The summed E-state index contributed by atoms with van der Waals surface area (Å²) >= 11 is 0. The second-order valence-electron chi connectivity index (χ2n) is 7.11. The molecule has 1 spiro atoms. The van der Waals surface area contributed by atoms with Crippen LogP contribution in [0.3, 0.4) is 0 Å². The quantitative estimate of drug-likeness (QED) is 0.896. The van der Waals surface area contributed by atoms with E-state index in [0.717, 1.165) is 6.42 Å². The molecule has 0 aliphatic heterocycles. The van der Waals surface area contributed by atoms with E-state index in [0.29, 0.717) is 12.5 Å². The molecule has 4 rings (SSSR count). The first kappa shape index (κ1) is 15.8. The van der Waals surface area contributed by atoms with Crippen molar-refractivity contribution in [2.24, 2.45) is 17.6 Å². The highest BCUT2D eigenvalue weighted by atomic mass is 35.5. The SMILES string of the molecule is Cl.NCC(NC(=O)C1CC12CCCc1ccccc12)C1CC1. The van der Waals surface area contributed by atoms with E-state index in [-0.39, 0.29) is 35.7 Å². The average molecular weight is 321 g/mol. The largest absolute Gasteiger partial charge is 0.352 e. The summed E-state index contributed by atoms with van der Waals surface area (Å²) in [6.07, 6.45) is 7.02. The summed E-state index contributed by atoms with van der Waals surface area (Å²) in [6.45, 7) is 0.576. The van der Waals surface area contributed by atoms with Gasteiger partial charge in [-0.05, 0) is 55.6 Å². The van der Waals surface area contributed by atoms with Crippen molar-refractivity contribution in [3.05, 3.63) is 35.4 Å². The van der Waals surface area contributed by atoms with Crippen molar-refractivity contribution < 1.29 is 4.79 Å². The third-order valence-corrected chi connectivity index (χ3v) is 5.79. The van der Waals surface area contributed by atoms with Crippen LogP contribution in [0.2, 0.25) is 0 Å². The van der Waals surface area contributed by atoms with E-state index in [9.17, 15) is 4.79 Å². The third-order valence-electron chi connectivity index (χ3n) is 5.79. The van der Waals surface area contributed by atoms with Crippen molar-refractivity contribution in [3.8, 4) is 0 Å². The second kappa shape index (κ2) is 5.86. The molecule has 22 heavy (non-hydrogen) atoms. The molecule has 1 amide bonds. The van der Waals surface area contributed by atoms with Gasteiger partial charge in [0.25, 0.3) is 0 Å². The molecule has 0 heterocycles. The predicted molar refractivity (Wildman–Crippen MR) is 90.1 cm³/mol. The summed E-state index contributed by atoms with van der Waals surface area (Å²) < 4.78 is 0. The number of amides is 1. The fourth-order valence-corrected chi connectivity index (χ4v) is 4.33. The highest BCUT2D eigenvalue weighted by molar-refractivity contribution is 5.85. The van der Waals surface area contributed by atoms with Crippen LogP contribution in [0, 0.1) is 11.8 Å². The fraction of sp³-hybridized carbons (Fsp3) is 0.611. The van der Waals surface area contributed by atoms with E-state index in [4.69, 9.17) is 5.73 Å². The van der Waals surface area contributed by atoms with Crippen LogP contribution < -0.4 is 11.1 Å².